The molecular formula is C22H25NO7S. The maximum atomic E-state index is 12.8. The van der Waals surface area contributed by atoms with E-state index in [4.69, 9.17) is 14.2 Å². The van der Waals surface area contributed by atoms with Crippen LogP contribution in [0.25, 0.3) is 0 Å². The molecule has 0 amide bonds. The Morgan fingerprint density at radius 2 is 1.61 bits per heavy atom. The van der Waals surface area contributed by atoms with E-state index in [1.807, 2.05) is 0 Å². The number of piperidine rings is 1. The molecule has 2 aromatic rings. The van der Waals surface area contributed by atoms with Gasteiger partial charge in [0.15, 0.2) is 6.61 Å². The van der Waals surface area contributed by atoms with Crippen LogP contribution in [-0.2, 0) is 19.6 Å². The van der Waals surface area contributed by atoms with E-state index < -0.39 is 21.9 Å². The second-order valence-electron chi connectivity index (χ2n) is 7.09. The zero-order valence-electron chi connectivity index (χ0n) is 17.4. The van der Waals surface area contributed by atoms with Crippen molar-refractivity contribution in [2.45, 2.75) is 17.7 Å². The van der Waals surface area contributed by atoms with E-state index >= 15 is 0 Å². The molecule has 0 spiro atoms. The number of esters is 1. The van der Waals surface area contributed by atoms with Crippen molar-refractivity contribution >= 4 is 21.8 Å². The van der Waals surface area contributed by atoms with Crippen LogP contribution in [0.2, 0.25) is 0 Å². The number of carbonyl (C=O) groups is 2. The fourth-order valence-corrected chi connectivity index (χ4v) is 4.91. The molecule has 1 heterocycles. The highest BCUT2D eigenvalue weighted by Gasteiger charge is 2.33. The predicted octanol–water partition coefficient (Wildman–Crippen LogP) is 2.53. The van der Waals surface area contributed by atoms with E-state index in [1.165, 1.54) is 30.7 Å². The minimum atomic E-state index is -3.65. The summed E-state index contributed by atoms with van der Waals surface area (Å²) in [7, 11) is -0.673. The maximum absolute atomic E-state index is 12.8. The Morgan fingerprint density at radius 1 is 0.968 bits per heavy atom. The van der Waals surface area contributed by atoms with Gasteiger partial charge in [-0.25, -0.2) is 8.42 Å². The van der Waals surface area contributed by atoms with Crippen molar-refractivity contribution in [3.8, 4) is 11.5 Å². The van der Waals surface area contributed by atoms with Crippen LogP contribution in [-0.4, -0.2) is 58.4 Å². The van der Waals surface area contributed by atoms with Crippen LogP contribution in [0.5, 0.6) is 11.5 Å². The largest absolute Gasteiger partial charge is 0.497 e. The fourth-order valence-electron chi connectivity index (χ4n) is 3.44. The van der Waals surface area contributed by atoms with Crippen LogP contribution in [0.4, 0.5) is 0 Å². The molecule has 2 aromatic carbocycles. The summed E-state index contributed by atoms with van der Waals surface area (Å²) in [5.41, 5.74) is 0.346. The van der Waals surface area contributed by atoms with Crippen molar-refractivity contribution in [2.75, 3.05) is 33.9 Å². The lowest BCUT2D eigenvalue weighted by Gasteiger charge is -2.30. The van der Waals surface area contributed by atoms with Crippen LogP contribution >= 0.6 is 0 Å². The summed E-state index contributed by atoms with van der Waals surface area (Å²) in [6.07, 6.45) is 0.661. The third kappa shape index (κ3) is 5.23. The van der Waals surface area contributed by atoms with Gasteiger partial charge in [-0.3, -0.25) is 9.59 Å². The van der Waals surface area contributed by atoms with Crippen molar-refractivity contribution in [1.29, 1.82) is 0 Å². The van der Waals surface area contributed by atoms with E-state index in [0.29, 0.717) is 29.9 Å². The summed E-state index contributed by atoms with van der Waals surface area (Å²) in [5, 5.41) is 0. The molecule has 0 unspecified atom stereocenters. The third-order valence-corrected chi connectivity index (χ3v) is 7.15. The first-order valence-electron chi connectivity index (χ1n) is 9.84. The summed E-state index contributed by atoms with van der Waals surface area (Å²) < 4.78 is 42.4. The van der Waals surface area contributed by atoms with Gasteiger partial charge in [-0.2, -0.15) is 4.31 Å². The van der Waals surface area contributed by atoms with Gasteiger partial charge < -0.3 is 14.2 Å². The van der Waals surface area contributed by atoms with Gasteiger partial charge in [-0.15, -0.1) is 0 Å². The molecule has 31 heavy (non-hydrogen) atoms. The number of nitrogens with zero attached hydrogens (tertiary/aromatic N) is 1. The van der Waals surface area contributed by atoms with Gasteiger partial charge in [0.05, 0.1) is 30.6 Å². The SMILES string of the molecule is COc1ccc(S(=O)(=O)N2CCC(C(=O)OCC(=O)c3ccccc3OC)CC2)cc1. The number of carbonyl (C=O) groups excluding carboxylic acids is 2. The minimum absolute atomic E-state index is 0.178. The Morgan fingerprint density at radius 3 is 2.23 bits per heavy atom. The molecule has 0 bridgehead atoms. The van der Waals surface area contributed by atoms with Crippen molar-refractivity contribution in [2.24, 2.45) is 5.92 Å². The van der Waals surface area contributed by atoms with Crippen molar-refractivity contribution in [3.63, 3.8) is 0 Å². The van der Waals surface area contributed by atoms with E-state index in [2.05, 4.69) is 0 Å². The first-order valence-corrected chi connectivity index (χ1v) is 11.3. The standard InChI is InChI=1S/C22H25NO7S/c1-28-17-7-9-18(10-8-17)31(26,27)23-13-11-16(12-14-23)22(25)30-15-20(24)19-5-3-4-6-21(19)29-2/h3-10,16H,11-15H2,1-2H3. The van der Waals surface area contributed by atoms with Gasteiger partial charge in [-0.05, 0) is 49.2 Å². The Hall–Kier alpha value is -2.91. The Kier molecular flexibility index (Phi) is 7.29. The van der Waals surface area contributed by atoms with Crippen LogP contribution < -0.4 is 9.47 Å². The lowest BCUT2D eigenvalue weighted by molar-refractivity contribution is -0.148. The van der Waals surface area contributed by atoms with E-state index in [-0.39, 0.29) is 30.4 Å². The van der Waals surface area contributed by atoms with Gasteiger partial charge in [-0.1, -0.05) is 12.1 Å². The molecule has 0 saturated carbocycles. The van der Waals surface area contributed by atoms with Crippen LogP contribution in [0.3, 0.4) is 0 Å². The molecule has 1 fully saturated rings. The molecule has 0 aromatic heterocycles. The van der Waals surface area contributed by atoms with Crippen LogP contribution in [0, 0.1) is 5.92 Å². The molecule has 0 radical (unpaired) electrons. The molecule has 166 valence electrons. The first-order chi connectivity index (χ1) is 14.9. The van der Waals surface area contributed by atoms with Crippen LogP contribution in [0.1, 0.15) is 23.2 Å². The highest BCUT2D eigenvalue weighted by atomic mass is 32.2. The van der Waals surface area contributed by atoms with E-state index in [9.17, 15) is 18.0 Å². The van der Waals surface area contributed by atoms with Gasteiger partial charge in [0, 0.05) is 13.1 Å². The van der Waals surface area contributed by atoms with Gasteiger partial charge in [0.1, 0.15) is 11.5 Å². The molecular weight excluding hydrogens is 422 g/mol. The van der Waals surface area contributed by atoms with Crippen LogP contribution in [0.15, 0.2) is 53.4 Å². The monoisotopic (exact) mass is 447 g/mol. The second kappa shape index (κ2) is 9.93. The number of hydrogen-bond acceptors (Lipinski definition) is 7. The molecule has 0 N–H and O–H groups in total. The Bertz CT molecular complexity index is 1030. The zero-order valence-corrected chi connectivity index (χ0v) is 18.3. The quantitative estimate of drug-likeness (QED) is 0.453. The summed E-state index contributed by atoms with van der Waals surface area (Å²) in [4.78, 5) is 24.9. The number of para-hydroxylation sites is 1. The lowest BCUT2D eigenvalue weighted by atomic mass is 9.98. The highest BCUT2D eigenvalue weighted by Crippen LogP contribution is 2.26. The normalized spacial score (nSPS) is 15.3. The topological polar surface area (TPSA) is 99.2 Å². The number of ketones is 1. The molecule has 0 atom stereocenters. The third-order valence-electron chi connectivity index (χ3n) is 5.24. The number of ether oxygens (including phenoxy) is 3. The summed E-state index contributed by atoms with van der Waals surface area (Å²) in [6.45, 7) is 0.0206. The Labute approximate surface area is 181 Å². The van der Waals surface area contributed by atoms with E-state index in [1.54, 1.807) is 36.4 Å². The van der Waals surface area contributed by atoms with Crippen molar-refractivity contribution < 1.29 is 32.2 Å². The smallest absolute Gasteiger partial charge is 0.309 e. The summed E-state index contributed by atoms with van der Waals surface area (Å²) in [6, 6.07) is 12.9. The molecule has 1 aliphatic rings. The molecule has 0 aliphatic carbocycles. The minimum Gasteiger partial charge on any atom is -0.497 e. The first kappa shape index (κ1) is 22.8. The number of Topliss-reactive ketones (excluding diaryl/α,β-unsaturated/α-hetero) is 1. The predicted molar refractivity (Wildman–Crippen MR) is 113 cm³/mol. The van der Waals surface area contributed by atoms with Crippen molar-refractivity contribution in [1.82, 2.24) is 4.31 Å². The number of sulfonamides is 1. The summed E-state index contributed by atoms with van der Waals surface area (Å²) >= 11 is 0. The number of methoxy groups -OCH3 is 2. The van der Waals surface area contributed by atoms with Gasteiger partial charge in [0.25, 0.3) is 0 Å². The molecule has 1 saturated heterocycles. The van der Waals surface area contributed by atoms with E-state index in [0.717, 1.165) is 0 Å². The zero-order chi connectivity index (χ0) is 22.4. The number of benzene rings is 2. The second-order valence-corrected chi connectivity index (χ2v) is 9.02. The lowest BCUT2D eigenvalue weighted by Crippen LogP contribution is -2.40. The molecule has 9 heteroatoms. The van der Waals surface area contributed by atoms with Gasteiger partial charge >= 0.3 is 5.97 Å². The maximum Gasteiger partial charge on any atom is 0.309 e. The molecule has 3 rings (SSSR count). The molecule has 1 aliphatic heterocycles. The fraction of sp³-hybridized carbons (Fsp3) is 0.364. The Balaban J connectivity index is 1.54. The highest BCUT2D eigenvalue weighted by molar-refractivity contribution is 7.89. The average Bonchev–Trinajstić information content (AvgIpc) is 2.82. The summed E-state index contributed by atoms with van der Waals surface area (Å²) in [5.74, 6) is -0.313. The average molecular weight is 448 g/mol. The molecule has 8 nitrogen and oxygen atoms in total. The van der Waals surface area contributed by atoms with Gasteiger partial charge in [0.2, 0.25) is 15.8 Å². The number of rotatable bonds is 8. The number of hydrogen-bond donors (Lipinski definition) is 0. The van der Waals surface area contributed by atoms with Crippen molar-refractivity contribution in [3.05, 3.63) is 54.1 Å².